The Morgan fingerprint density at radius 1 is 1.56 bits per heavy atom. The molecule has 5 nitrogen and oxygen atoms in total. The van der Waals surface area contributed by atoms with E-state index in [-0.39, 0.29) is 11.7 Å². The molecule has 0 aromatic carbocycles. The molecular weight excluding hydrogens is 226 g/mol. The van der Waals surface area contributed by atoms with Gasteiger partial charge in [-0.2, -0.15) is 11.8 Å². The Morgan fingerprint density at radius 3 is 2.88 bits per heavy atom. The number of rotatable bonds is 6. The van der Waals surface area contributed by atoms with E-state index in [0.29, 0.717) is 5.82 Å². The van der Waals surface area contributed by atoms with Gasteiger partial charge in [-0.05, 0) is 12.7 Å². The van der Waals surface area contributed by atoms with E-state index in [1.54, 1.807) is 11.8 Å². The Kier molecular flexibility index (Phi) is 5.04. The summed E-state index contributed by atoms with van der Waals surface area (Å²) in [7, 11) is 0. The molecule has 1 atom stereocenters. The zero-order valence-corrected chi connectivity index (χ0v) is 10.1. The molecule has 1 unspecified atom stereocenters. The maximum absolute atomic E-state index is 10.9. The highest BCUT2D eigenvalue weighted by molar-refractivity contribution is 7.99. The highest BCUT2D eigenvalue weighted by Crippen LogP contribution is 2.11. The Bertz CT molecular complexity index is 360. The van der Waals surface area contributed by atoms with Crippen molar-refractivity contribution in [3.63, 3.8) is 0 Å². The van der Waals surface area contributed by atoms with Crippen molar-refractivity contribution < 1.29 is 9.90 Å². The molecule has 1 aromatic heterocycles. The minimum atomic E-state index is -1.06. The van der Waals surface area contributed by atoms with Crippen LogP contribution in [0.15, 0.2) is 12.4 Å². The van der Waals surface area contributed by atoms with Gasteiger partial charge in [-0.25, -0.2) is 14.8 Å². The number of aromatic carboxylic acids is 1. The standard InChI is InChI=1S/C10H15N3O2S/c1-3-16-6-7(2)13-9-8(10(14)15)11-4-5-12-9/h4-5,7H,3,6H2,1-2H3,(H,12,13)(H,14,15). The van der Waals surface area contributed by atoms with E-state index in [0.717, 1.165) is 11.5 Å². The van der Waals surface area contributed by atoms with Crippen molar-refractivity contribution in [2.75, 3.05) is 16.8 Å². The first kappa shape index (κ1) is 12.8. The lowest BCUT2D eigenvalue weighted by atomic mass is 10.3. The molecule has 1 heterocycles. The number of nitrogens with zero attached hydrogens (tertiary/aromatic N) is 2. The van der Waals surface area contributed by atoms with Crippen molar-refractivity contribution in [3.05, 3.63) is 18.1 Å². The zero-order valence-electron chi connectivity index (χ0n) is 9.30. The van der Waals surface area contributed by atoms with Gasteiger partial charge in [0.2, 0.25) is 0 Å². The number of carboxylic acid groups (broad SMARTS) is 1. The van der Waals surface area contributed by atoms with Crippen molar-refractivity contribution in [2.24, 2.45) is 0 Å². The molecule has 2 N–H and O–H groups in total. The van der Waals surface area contributed by atoms with Crippen molar-refractivity contribution in [2.45, 2.75) is 19.9 Å². The van der Waals surface area contributed by atoms with E-state index < -0.39 is 5.97 Å². The van der Waals surface area contributed by atoms with Gasteiger partial charge < -0.3 is 10.4 Å². The van der Waals surface area contributed by atoms with Crippen LogP contribution in [-0.4, -0.2) is 38.6 Å². The van der Waals surface area contributed by atoms with Crippen molar-refractivity contribution >= 4 is 23.5 Å². The van der Waals surface area contributed by atoms with Gasteiger partial charge in [0, 0.05) is 24.2 Å². The largest absolute Gasteiger partial charge is 0.476 e. The summed E-state index contributed by atoms with van der Waals surface area (Å²) < 4.78 is 0. The maximum Gasteiger partial charge on any atom is 0.358 e. The highest BCUT2D eigenvalue weighted by atomic mass is 32.2. The lowest BCUT2D eigenvalue weighted by Crippen LogP contribution is -2.21. The topological polar surface area (TPSA) is 75.1 Å². The SMILES string of the molecule is CCSCC(C)Nc1nccnc1C(=O)O. The molecule has 1 aromatic rings. The second-order valence-corrected chi connectivity index (χ2v) is 4.58. The Morgan fingerprint density at radius 2 is 2.25 bits per heavy atom. The molecular formula is C10H15N3O2S. The second-order valence-electron chi connectivity index (χ2n) is 3.26. The summed E-state index contributed by atoms with van der Waals surface area (Å²) in [5.74, 6) is 1.22. The fourth-order valence-electron chi connectivity index (χ4n) is 1.17. The molecule has 0 saturated heterocycles. The fraction of sp³-hybridized carbons (Fsp3) is 0.500. The van der Waals surface area contributed by atoms with Crippen LogP contribution >= 0.6 is 11.8 Å². The zero-order chi connectivity index (χ0) is 12.0. The first-order chi connectivity index (χ1) is 7.65. The monoisotopic (exact) mass is 241 g/mol. The van der Waals surface area contributed by atoms with Crippen LogP contribution in [0.5, 0.6) is 0 Å². The van der Waals surface area contributed by atoms with Gasteiger partial charge >= 0.3 is 5.97 Å². The normalized spacial score (nSPS) is 12.1. The third-order valence-electron chi connectivity index (χ3n) is 1.86. The number of hydrogen-bond donors (Lipinski definition) is 2. The van der Waals surface area contributed by atoms with Gasteiger partial charge in [0.25, 0.3) is 0 Å². The maximum atomic E-state index is 10.9. The number of anilines is 1. The first-order valence-corrected chi connectivity index (χ1v) is 6.19. The number of carboxylic acids is 1. The van der Waals surface area contributed by atoms with Gasteiger partial charge in [0.05, 0.1) is 0 Å². The Balaban J connectivity index is 2.69. The number of hydrogen-bond acceptors (Lipinski definition) is 5. The van der Waals surface area contributed by atoms with Crippen LogP contribution in [0.2, 0.25) is 0 Å². The molecule has 0 radical (unpaired) electrons. The Labute approximate surface area is 98.7 Å². The third kappa shape index (κ3) is 3.69. The molecule has 0 bridgehead atoms. The fourth-order valence-corrected chi connectivity index (χ4v) is 1.84. The number of carbonyl (C=O) groups is 1. The van der Waals surface area contributed by atoms with Gasteiger partial charge in [-0.15, -0.1) is 0 Å². The van der Waals surface area contributed by atoms with Crippen LogP contribution in [0.4, 0.5) is 5.82 Å². The van der Waals surface area contributed by atoms with E-state index in [1.807, 2.05) is 6.92 Å². The summed E-state index contributed by atoms with van der Waals surface area (Å²) in [6.45, 7) is 4.07. The van der Waals surface area contributed by atoms with Crippen LogP contribution in [0.3, 0.4) is 0 Å². The molecule has 1 rings (SSSR count). The number of thioether (sulfide) groups is 1. The minimum absolute atomic E-state index is 0.0316. The van der Waals surface area contributed by atoms with Crippen molar-refractivity contribution in [1.82, 2.24) is 9.97 Å². The van der Waals surface area contributed by atoms with Crippen molar-refractivity contribution in [1.29, 1.82) is 0 Å². The summed E-state index contributed by atoms with van der Waals surface area (Å²) in [4.78, 5) is 18.6. The molecule has 0 aliphatic rings. The molecule has 0 amide bonds. The quantitative estimate of drug-likeness (QED) is 0.790. The summed E-state index contributed by atoms with van der Waals surface area (Å²) in [5, 5.41) is 12.0. The first-order valence-electron chi connectivity index (χ1n) is 5.03. The summed E-state index contributed by atoms with van der Waals surface area (Å²) >= 11 is 1.79. The summed E-state index contributed by atoms with van der Waals surface area (Å²) in [6.07, 6.45) is 2.86. The second kappa shape index (κ2) is 6.32. The van der Waals surface area contributed by atoms with E-state index in [9.17, 15) is 4.79 Å². The van der Waals surface area contributed by atoms with Crippen LogP contribution in [-0.2, 0) is 0 Å². The molecule has 0 aliphatic heterocycles. The van der Waals surface area contributed by atoms with E-state index in [1.165, 1.54) is 12.4 Å². The van der Waals surface area contributed by atoms with E-state index >= 15 is 0 Å². The average molecular weight is 241 g/mol. The molecule has 0 fully saturated rings. The van der Waals surface area contributed by atoms with Crippen LogP contribution in [0, 0.1) is 0 Å². The van der Waals surface area contributed by atoms with Gasteiger partial charge in [-0.3, -0.25) is 0 Å². The van der Waals surface area contributed by atoms with E-state index in [4.69, 9.17) is 5.11 Å². The third-order valence-corrected chi connectivity index (χ3v) is 3.00. The number of nitrogens with one attached hydrogen (secondary N) is 1. The summed E-state index contributed by atoms with van der Waals surface area (Å²) in [5.41, 5.74) is -0.0316. The van der Waals surface area contributed by atoms with Gasteiger partial charge in [0.1, 0.15) is 0 Å². The molecule has 0 spiro atoms. The van der Waals surface area contributed by atoms with E-state index in [2.05, 4.69) is 22.2 Å². The van der Waals surface area contributed by atoms with Gasteiger partial charge in [0.15, 0.2) is 11.5 Å². The van der Waals surface area contributed by atoms with Gasteiger partial charge in [-0.1, -0.05) is 6.92 Å². The summed E-state index contributed by atoms with van der Waals surface area (Å²) in [6, 6.07) is 0.166. The van der Waals surface area contributed by atoms with Crippen LogP contribution in [0.25, 0.3) is 0 Å². The minimum Gasteiger partial charge on any atom is -0.476 e. The molecule has 16 heavy (non-hydrogen) atoms. The van der Waals surface area contributed by atoms with Crippen LogP contribution in [0.1, 0.15) is 24.3 Å². The Hall–Kier alpha value is -1.30. The number of aromatic nitrogens is 2. The molecule has 6 heteroatoms. The molecule has 0 aliphatic carbocycles. The average Bonchev–Trinajstić information content (AvgIpc) is 2.27. The lowest BCUT2D eigenvalue weighted by Gasteiger charge is -2.14. The van der Waals surface area contributed by atoms with Crippen molar-refractivity contribution in [3.8, 4) is 0 Å². The smallest absolute Gasteiger partial charge is 0.358 e. The lowest BCUT2D eigenvalue weighted by molar-refractivity contribution is 0.0691. The predicted octanol–water partition coefficient (Wildman–Crippen LogP) is 1.73. The predicted molar refractivity (Wildman–Crippen MR) is 65.1 cm³/mol. The highest BCUT2D eigenvalue weighted by Gasteiger charge is 2.14. The van der Waals surface area contributed by atoms with Crippen LogP contribution < -0.4 is 5.32 Å². The molecule has 88 valence electrons. The molecule has 0 saturated carbocycles.